The highest BCUT2D eigenvalue weighted by Crippen LogP contribution is 2.33. The fourth-order valence-corrected chi connectivity index (χ4v) is 3.27. The fourth-order valence-electron chi connectivity index (χ4n) is 3.27. The monoisotopic (exact) mass is 320 g/mol. The van der Waals surface area contributed by atoms with E-state index in [1.807, 2.05) is 4.90 Å². The zero-order valence-corrected chi connectivity index (χ0v) is 12.4. The summed E-state index contributed by atoms with van der Waals surface area (Å²) in [4.78, 5) is 24.7. The number of carbonyl (C=O) groups is 2. The zero-order chi connectivity index (χ0) is 16.6. The van der Waals surface area contributed by atoms with Crippen LogP contribution in [0.3, 0.4) is 0 Å². The van der Waals surface area contributed by atoms with Crippen molar-refractivity contribution in [2.75, 3.05) is 13.1 Å². The molecule has 3 rings (SSSR count). The second-order valence-corrected chi connectivity index (χ2v) is 5.75. The van der Waals surface area contributed by atoms with Gasteiger partial charge in [0.1, 0.15) is 18.4 Å². The van der Waals surface area contributed by atoms with Crippen LogP contribution in [-0.2, 0) is 16.1 Å². The Morgan fingerprint density at radius 1 is 1.22 bits per heavy atom. The molecule has 0 amide bonds. The number of fused-ring (bicyclic) bond motifs is 1. The Morgan fingerprint density at radius 3 is 2.52 bits per heavy atom. The summed E-state index contributed by atoms with van der Waals surface area (Å²) in [5.74, 6) is -2.53. The van der Waals surface area contributed by atoms with Crippen molar-refractivity contribution < 1.29 is 24.2 Å². The second kappa shape index (κ2) is 6.00. The first-order valence-electron chi connectivity index (χ1n) is 7.44. The minimum atomic E-state index is -1.06. The molecule has 0 spiro atoms. The van der Waals surface area contributed by atoms with Gasteiger partial charge in [0, 0.05) is 17.1 Å². The molecule has 6 nitrogen and oxygen atoms in total. The number of carboxylic acids is 2. The molecule has 2 heterocycles. The Hall–Kier alpha value is -2.41. The number of nitrogens with zero attached hydrogens (tertiary/aromatic N) is 2. The Balaban J connectivity index is 2.15. The first kappa shape index (κ1) is 15.5. The Bertz CT molecular complexity index is 765. The number of hydrogen-bond donors (Lipinski definition) is 2. The molecule has 0 aliphatic carbocycles. The molecule has 1 aliphatic rings. The number of benzene rings is 1. The Labute approximate surface area is 131 Å². The Morgan fingerprint density at radius 2 is 1.91 bits per heavy atom. The number of aliphatic carboxylic acids is 2. The van der Waals surface area contributed by atoms with Gasteiger partial charge in [-0.25, -0.2) is 4.39 Å². The first-order valence-corrected chi connectivity index (χ1v) is 7.44. The number of halogens is 1. The van der Waals surface area contributed by atoms with Gasteiger partial charge in [-0.05, 0) is 44.1 Å². The lowest BCUT2D eigenvalue weighted by Crippen LogP contribution is -2.31. The first-order chi connectivity index (χ1) is 11.0. The maximum atomic E-state index is 13.5. The van der Waals surface area contributed by atoms with Gasteiger partial charge < -0.3 is 14.8 Å². The van der Waals surface area contributed by atoms with Crippen LogP contribution in [-0.4, -0.2) is 44.7 Å². The van der Waals surface area contributed by atoms with Crippen molar-refractivity contribution in [2.45, 2.75) is 25.4 Å². The van der Waals surface area contributed by atoms with E-state index in [-0.39, 0.29) is 6.54 Å². The van der Waals surface area contributed by atoms with Crippen molar-refractivity contribution in [1.82, 2.24) is 9.47 Å². The summed E-state index contributed by atoms with van der Waals surface area (Å²) in [6.07, 6.45) is 3.40. The highest BCUT2D eigenvalue weighted by molar-refractivity contribution is 5.90. The molecular weight excluding hydrogens is 303 g/mol. The van der Waals surface area contributed by atoms with E-state index >= 15 is 0 Å². The molecule has 0 bridgehead atoms. The molecule has 1 saturated heterocycles. The topological polar surface area (TPSA) is 82.8 Å². The van der Waals surface area contributed by atoms with Gasteiger partial charge in [-0.15, -0.1) is 0 Å². The molecule has 2 aromatic rings. The smallest absolute Gasteiger partial charge is 0.325 e. The van der Waals surface area contributed by atoms with Crippen LogP contribution in [0, 0.1) is 5.82 Å². The lowest BCUT2D eigenvalue weighted by Gasteiger charge is -2.23. The van der Waals surface area contributed by atoms with Crippen LogP contribution in [0.4, 0.5) is 4.39 Å². The number of hydrogen-bond acceptors (Lipinski definition) is 3. The van der Waals surface area contributed by atoms with Gasteiger partial charge in [0.05, 0.1) is 5.52 Å². The quantitative estimate of drug-likeness (QED) is 0.881. The van der Waals surface area contributed by atoms with E-state index in [9.17, 15) is 19.1 Å². The molecule has 0 unspecified atom stereocenters. The lowest BCUT2D eigenvalue weighted by atomic mass is 10.0. The third kappa shape index (κ3) is 2.92. The molecule has 1 aliphatic heterocycles. The zero-order valence-electron chi connectivity index (χ0n) is 12.4. The van der Waals surface area contributed by atoms with Gasteiger partial charge >= 0.3 is 11.9 Å². The predicted molar refractivity (Wildman–Crippen MR) is 80.7 cm³/mol. The van der Waals surface area contributed by atoms with Crippen molar-refractivity contribution in [3.8, 4) is 0 Å². The number of likely N-dealkylation sites (tertiary alicyclic amines) is 1. The van der Waals surface area contributed by atoms with Crippen molar-refractivity contribution in [3.05, 3.63) is 35.8 Å². The number of carboxylic acid groups (broad SMARTS) is 2. The van der Waals surface area contributed by atoms with Crippen LogP contribution >= 0.6 is 0 Å². The average molecular weight is 320 g/mol. The molecule has 0 radical (unpaired) electrons. The molecule has 2 N–H and O–H groups in total. The Kier molecular flexibility index (Phi) is 4.04. The standard InChI is InChI=1S/C16H17FN2O4/c17-10-3-4-11-12(8-19(9-14(20)21)13(11)7-10)15(16(22)23)18-5-1-2-6-18/h3-4,7-8,15H,1-2,5-6,9H2,(H,20,21)(H,22,23)/t15-/m1/s1. The molecule has 0 saturated carbocycles. The van der Waals surface area contributed by atoms with E-state index in [2.05, 4.69) is 0 Å². The highest BCUT2D eigenvalue weighted by atomic mass is 19.1. The van der Waals surface area contributed by atoms with Gasteiger partial charge in [0.25, 0.3) is 0 Å². The summed E-state index contributed by atoms with van der Waals surface area (Å²) in [5.41, 5.74) is 0.906. The summed E-state index contributed by atoms with van der Waals surface area (Å²) < 4.78 is 14.9. The van der Waals surface area contributed by atoms with Crippen LogP contribution in [0.2, 0.25) is 0 Å². The van der Waals surface area contributed by atoms with Gasteiger partial charge in [0.15, 0.2) is 0 Å². The van der Waals surface area contributed by atoms with Gasteiger partial charge in [-0.2, -0.15) is 0 Å². The highest BCUT2D eigenvalue weighted by Gasteiger charge is 2.32. The molecule has 1 fully saturated rings. The van der Waals surface area contributed by atoms with Crippen molar-refractivity contribution in [1.29, 1.82) is 0 Å². The minimum absolute atomic E-state index is 0.341. The third-order valence-corrected chi connectivity index (χ3v) is 4.22. The number of rotatable bonds is 5. The van der Waals surface area contributed by atoms with Gasteiger partial charge in [-0.1, -0.05) is 0 Å². The van der Waals surface area contributed by atoms with Crippen LogP contribution in [0.1, 0.15) is 24.4 Å². The predicted octanol–water partition coefficient (Wildman–Crippen LogP) is 2.09. The van der Waals surface area contributed by atoms with E-state index in [0.717, 1.165) is 12.8 Å². The van der Waals surface area contributed by atoms with Crippen LogP contribution < -0.4 is 0 Å². The SMILES string of the molecule is O=C(O)Cn1cc([C@H](C(=O)O)N2CCCC2)c2ccc(F)cc21. The molecule has 1 aromatic carbocycles. The maximum Gasteiger partial charge on any atom is 0.325 e. The van der Waals surface area contributed by atoms with E-state index in [1.165, 1.54) is 29.0 Å². The summed E-state index contributed by atoms with van der Waals surface area (Å²) in [7, 11) is 0. The summed E-state index contributed by atoms with van der Waals surface area (Å²) >= 11 is 0. The van der Waals surface area contributed by atoms with Crippen LogP contribution in [0.25, 0.3) is 10.9 Å². The average Bonchev–Trinajstić information content (AvgIpc) is 3.08. The normalized spacial score (nSPS) is 16.7. The summed E-state index contributed by atoms with van der Waals surface area (Å²) in [5, 5.41) is 19.2. The molecule has 7 heteroatoms. The molecular formula is C16H17FN2O4. The fraction of sp³-hybridized carbons (Fsp3) is 0.375. The minimum Gasteiger partial charge on any atom is -0.480 e. The van der Waals surface area contributed by atoms with Gasteiger partial charge in [-0.3, -0.25) is 14.5 Å². The molecule has 122 valence electrons. The van der Waals surface area contributed by atoms with E-state index in [4.69, 9.17) is 5.11 Å². The van der Waals surface area contributed by atoms with Crippen molar-refractivity contribution in [2.24, 2.45) is 0 Å². The lowest BCUT2D eigenvalue weighted by molar-refractivity contribution is -0.143. The summed E-state index contributed by atoms with van der Waals surface area (Å²) in [6, 6.07) is 3.18. The maximum absolute atomic E-state index is 13.5. The summed E-state index contributed by atoms with van der Waals surface area (Å²) in [6.45, 7) is 1.03. The van der Waals surface area contributed by atoms with E-state index < -0.39 is 23.8 Å². The van der Waals surface area contributed by atoms with E-state index in [1.54, 1.807) is 0 Å². The third-order valence-electron chi connectivity index (χ3n) is 4.22. The van der Waals surface area contributed by atoms with Crippen molar-refractivity contribution in [3.63, 3.8) is 0 Å². The second-order valence-electron chi connectivity index (χ2n) is 5.75. The molecule has 1 aromatic heterocycles. The van der Waals surface area contributed by atoms with Crippen LogP contribution in [0.15, 0.2) is 24.4 Å². The molecule has 23 heavy (non-hydrogen) atoms. The largest absolute Gasteiger partial charge is 0.480 e. The van der Waals surface area contributed by atoms with Gasteiger partial charge in [0.2, 0.25) is 0 Å². The van der Waals surface area contributed by atoms with Crippen LogP contribution in [0.5, 0.6) is 0 Å². The molecule has 1 atom stereocenters. The number of aromatic nitrogens is 1. The van der Waals surface area contributed by atoms with Crippen molar-refractivity contribution >= 4 is 22.8 Å². The van der Waals surface area contributed by atoms with E-state index in [0.29, 0.717) is 29.6 Å².